The van der Waals surface area contributed by atoms with Crippen molar-refractivity contribution in [3.05, 3.63) is 59.7 Å². The molecule has 94 valence electrons. The second-order valence-electron chi connectivity index (χ2n) is 3.32. The van der Waals surface area contributed by atoms with E-state index in [2.05, 4.69) is 0 Å². The predicted octanol–water partition coefficient (Wildman–Crippen LogP) is 1.52. The molecule has 0 saturated heterocycles. The van der Waals surface area contributed by atoms with Crippen molar-refractivity contribution < 1.29 is 17.6 Å². The monoisotopic (exact) mass is 386 g/mol. The topological polar surface area (TPSA) is 0 Å². The van der Waals surface area contributed by atoms with Gasteiger partial charge in [-0.2, -0.15) is 0 Å². The van der Waals surface area contributed by atoms with Crippen LogP contribution in [0.5, 0.6) is 0 Å². The third kappa shape index (κ3) is 3.36. The standard InChI is InChI=1S/C12H6F4Se2/c13-7-1-3-11(9(15)5-7)17-18-12-4-2-8(14)6-10(12)16/h1-6H. The molecule has 0 nitrogen and oxygen atoms in total. The van der Waals surface area contributed by atoms with Gasteiger partial charge >= 0.3 is 112 Å². The number of halogens is 4. The molecule has 18 heavy (non-hydrogen) atoms. The van der Waals surface area contributed by atoms with Crippen LogP contribution in [0.25, 0.3) is 0 Å². The van der Waals surface area contributed by atoms with Crippen LogP contribution >= 0.6 is 0 Å². The van der Waals surface area contributed by atoms with E-state index in [4.69, 9.17) is 0 Å². The summed E-state index contributed by atoms with van der Waals surface area (Å²) in [5, 5.41) is 0. The van der Waals surface area contributed by atoms with Crippen molar-refractivity contribution in [2.45, 2.75) is 0 Å². The van der Waals surface area contributed by atoms with Gasteiger partial charge in [0.05, 0.1) is 0 Å². The molecule has 0 aliphatic heterocycles. The van der Waals surface area contributed by atoms with Gasteiger partial charge < -0.3 is 0 Å². The average molecular weight is 384 g/mol. The van der Waals surface area contributed by atoms with Crippen LogP contribution in [0, 0.1) is 23.3 Å². The Morgan fingerprint density at radius 3 is 1.33 bits per heavy atom. The second-order valence-corrected chi connectivity index (χ2v) is 9.50. The van der Waals surface area contributed by atoms with Crippen LogP contribution in [0.15, 0.2) is 36.4 Å². The summed E-state index contributed by atoms with van der Waals surface area (Å²) in [6.07, 6.45) is 0. The van der Waals surface area contributed by atoms with Crippen molar-refractivity contribution in [2.24, 2.45) is 0 Å². The second kappa shape index (κ2) is 5.89. The van der Waals surface area contributed by atoms with Gasteiger partial charge in [-0.15, -0.1) is 0 Å². The predicted molar refractivity (Wildman–Crippen MR) is 63.5 cm³/mol. The maximum absolute atomic E-state index is 13.3. The molecule has 0 aliphatic rings. The quantitative estimate of drug-likeness (QED) is 0.556. The zero-order valence-corrected chi connectivity index (χ0v) is 12.2. The Morgan fingerprint density at radius 2 is 1.00 bits per heavy atom. The number of hydrogen-bond donors (Lipinski definition) is 0. The van der Waals surface area contributed by atoms with Crippen molar-refractivity contribution in [3.8, 4) is 0 Å². The summed E-state index contributed by atoms with van der Waals surface area (Å²) < 4.78 is 52.9. The van der Waals surface area contributed by atoms with Crippen LogP contribution in [0.4, 0.5) is 17.6 Å². The van der Waals surface area contributed by atoms with Gasteiger partial charge in [-0.3, -0.25) is 0 Å². The first kappa shape index (κ1) is 13.6. The van der Waals surface area contributed by atoms with E-state index in [1.807, 2.05) is 0 Å². The molecule has 0 unspecified atom stereocenters. The van der Waals surface area contributed by atoms with E-state index in [1.165, 1.54) is 24.3 Å². The summed E-state index contributed by atoms with van der Waals surface area (Å²) in [5.74, 6) is -2.49. The molecule has 0 atom stereocenters. The normalized spacial score (nSPS) is 10.7. The molecular weight excluding hydrogens is 378 g/mol. The van der Waals surface area contributed by atoms with Gasteiger partial charge in [-0.1, -0.05) is 0 Å². The Labute approximate surface area is 112 Å². The number of hydrogen-bond acceptors (Lipinski definition) is 0. The molecule has 2 rings (SSSR count). The fraction of sp³-hybridized carbons (Fsp3) is 0. The zero-order valence-electron chi connectivity index (χ0n) is 8.79. The average Bonchev–Trinajstić information content (AvgIpc) is 2.30. The van der Waals surface area contributed by atoms with Crippen LogP contribution in [0.2, 0.25) is 0 Å². The van der Waals surface area contributed by atoms with E-state index >= 15 is 0 Å². The molecule has 0 radical (unpaired) electrons. The van der Waals surface area contributed by atoms with E-state index in [-0.39, 0.29) is 26.3 Å². The van der Waals surface area contributed by atoms with Gasteiger partial charge in [0, 0.05) is 0 Å². The summed E-state index contributed by atoms with van der Waals surface area (Å²) in [7, 11) is 0. The zero-order chi connectivity index (χ0) is 13.1. The van der Waals surface area contributed by atoms with Crippen molar-refractivity contribution in [3.63, 3.8) is 0 Å². The maximum atomic E-state index is 13.3. The molecule has 0 amide bonds. The van der Waals surface area contributed by atoms with Crippen LogP contribution in [0.1, 0.15) is 0 Å². The number of rotatable bonds is 3. The minimum atomic E-state index is -0.632. The molecule has 2 aromatic rings. The molecule has 0 fully saturated rings. The summed E-state index contributed by atoms with van der Waals surface area (Å²) >= 11 is -0.604. The Kier molecular flexibility index (Phi) is 4.46. The van der Waals surface area contributed by atoms with Crippen molar-refractivity contribution in [2.75, 3.05) is 0 Å². The molecule has 0 aromatic heterocycles. The van der Waals surface area contributed by atoms with E-state index < -0.39 is 23.3 Å². The number of benzene rings is 2. The fourth-order valence-corrected chi connectivity index (χ4v) is 7.56. The summed E-state index contributed by atoms with van der Waals surface area (Å²) in [6.45, 7) is 0. The SMILES string of the molecule is Fc1ccc([Se][Se]c2ccc(F)cc2F)c(F)c1. The molecule has 6 heteroatoms. The van der Waals surface area contributed by atoms with Crippen LogP contribution in [-0.2, 0) is 0 Å². The summed E-state index contributed by atoms with van der Waals surface area (Å²) in [4.78, 5) is 0. The minimum absolute atomic E-state index is 0.302. The summed E-state index contributed by atoms with van der Waals surface area (Å²) in [6, 6.07) is 6.72. The van der Waals surface area contributed by atoms with E-state index in [0.717, 1.165) is 12.1 Å². The van der Waals surface area contributed by atoms with E-state index in [0.29, 0.717) is 8.92 Å². The van der Waals surface area contributed by atoms with Crippen LogP contribution < -0.4 is 8.92 Å². The molecule has 0 spiro atoms. The molecule has 2 aromatic carbocycles. The Morgan fingerprint density at radius 1 is 0.611 bits per heavy atom. The van der Waals surface area contributed by atoms with Crippen LogP contribution in [0.3, 0.4) is 0 Å². The van der Waals surface area contributed by atoms with Gasteiger partial charge in [0.1, 0.15) is 0 Å². The van der Waals surface area contributed by atoms with Crippen molar-refractivity contribution >= 4 is 35.2 Å². The van der Waals surface area contributed by atoms with Crippen LogP contribution in [-0.4, -0.2) is 26.3 Å². The first-order valence-electron chi connectivity index (χ1n) is 4.81. The van der Waals surface area contributed by atoms with Gasteiger partial charge in [-0.25, -0.2) is 0 Å². The fourth-order valence-electron chi connectivity index (χ4n) is 1.18. The molecular formula is C12H6F4Se2. The Bertz CT molecular complexity index is 520. The molecule has 0 saturated carbocycles. The van der Waals surface area contributed by atoms with E-state index in [9.17, 15) is 17.6 Å². The van der Waals surface area contributed by atoms with E-state index in [1.54, 1.807) is 0 Å². The Balaban J connectivity index is 2.11. The summed E-state index contributed by atoms with van der Waals surface area (Å²) in [5.41, 5.74) is 0. The van der Waals surface area contributed by atoms with Crippen molar-refractivity contribution in [1.29, 1.82) is 0 Å². The first-order valence-corrected chi connectivity index (χ1v) is 10.9. The first-order chi connectivity index (χ1) is 8.56. The van der Waals surface area contributed by atoms with Crippen molar-refractivity contribution in [1.82, 2.24) is 0 Å². The van der Waals surface area contributed by atoms with Gasteiger partial charge in [0.15, 0.2) is 0 Å². The molecule has 0 N–H and O–H groups in total. The third-order valence-corrected chi connectivity index (χ3v) is 9.15. The Hall–Kier alpha value is -0.801. The van der Waals surface area contributed by atoms with Gasteiger partial charge in [0.25, 0.3) is 0 Å². The van der Waals surface area contributed by atoms with Gasteiger partial charge in [0.2, 0.25) is 0 Å². The molecule has 0 heterocycles. The molecule has 0 aliphatic carbocycles. The van der Waals surface area contributed by atoms with Gasteiger partial charge in [-0.05, 0) is 0 Å². The third-order valence-electron chi connectivity index (χ3n) is 2.01. The molecule has 0 bridgehead atoms.